The summed E-state index contributed by atoms with van der Waals surface area (Å²) in [4.78, 5) is 40.8. The van der Waals surface area contributed by atoms with Crippen LogP contribution in [0, 0.1) is 0 Å². The first-order valence-electron chi connectivity index (χ1n) is 12.6. The number of carbonyl (C=O) groups is 1. The first-order valence-corrected chi connectivity index (χ1v) is 12.6. The molecule has 0 radical (unpaired) electrons. The number of nitrogens with one attached hydrogen (secondary N) is 2. The number of hydrogen-bond donors (Lipinski definition) is 2. The molecule has 0 bridgehead atoms. The minimum Gasteiger partial charge on any atom is -0.341 e. The van der Waals surface area contributed by atoms with Crippen LogP contribution in [0.3, 0.4) is 0 Å². The summed E-state index contributed by atoms with van der Waals surface area (Å²) in [5, 5.41) is 6.40. The van der Waals surface area contributed by atoms with Gasteiger partial charge in [0.25, 0.3) is 5.56 Å². The Morgan fingerprint density at radius 3 is 2.71 bits per heavy atom. The second-order valence-electron chi connectivity index (χ2n) is 10.4. The molecule has 3 aromatic heterocycles. The lowest BCUT2D eigenvalue weighted by atomic mass is 9.91. The highest BCUT2D eigenvalue weighted by Crippen LogP contribution is 2.26. The summed E-state index contributed by atoms with van der Waals surface area (Å²) in [6.45, 7) is 11.7. The molecule has 196 valence electrons. The van der Waals surface area contributed by atoms with Crippen molar-refractivity contribution in [2.75, 3.05) is 18.9 Å². The summed E-state index contributed by atoms with van der Waals surface area (Å²) in [5.41, 5.74) is 4.99. The Bertz CT molecular complexity index is 1590. The van der Waals surface area contributed by atoms with Crippen molar-refractivity contribution >= 4 is 28.7 Å². The Morgan fingerprint density at radius 1 is 1.16 bits per heavy atom. The van der Waals surface area contributed by atoms with Crippen LogP contribution in [0.25, 0.3) is 16.7 Å². The van der Waals surface area contributed by atoms with E-state index in [1.165, 1.54) is 5.56 Å². The van der Waals surface area contributed by atoms with Crippen molar-refractivity contribution in [3.63, 3.8) is 0 Å². The van der Waals surface area contributed by atoms with Gasteiger partial charge in [0.1, 0.15) is 5.39 Å². The number of fused-ring (bicyclic) bond motifs is 2. The molecule has 1 aromatic carbocycles. The number of allylic oxidation sites excluding steroid dienone is 1. The van der Waals surface area contributed by atoms with E-state index in [-0.39, 0.29) is 17.0 Å². The smallest absolute Gasteiger partial charge is 0.317 e. The number of pyridine rings is 1. The molecule has 0 saturated carbocycles. The van der Waals surface area contributed by atoms with Crippen molar-refractivity contribution in [3.05, 3.63) is 82.6 Å². The number of carbonyl (C=O) groups excluding carboxylic acids is 1. The number of rotatable bonds is 5. The van der Waals surface area contributed by atoms with E-state index in [1.54, 1.807) is 35.1 Å². The molecule has 5 rings (SSSR count). The van der Waals surface area contributed by atoms with Gasteiger partial charge < -0.3 is 15.5 Å². The van der Waals surface area contributed by atoms with Gasteiger partial charge in [0.15, 0.2) is 5.65 Å². The van der Waals surface area contributed by atoms with Crippen molar-refractivity contribution in [1.82, 2.24) is 34.5 Å². The molecule has 0 saturated heterocycles. The minimum absolute atomic E-state index is 0.0715. The Hall–Kier alpha value is -4.47. The van der Waals surface area contributed by atoms with Crippen LogP contribution in [0.4, 0.5) is 16.4 Å². The topological polar surface area (TPSA) is 110 Å². The summed E-state index contributed by atoms with van der Waals surface area (Å²) in [7, 11) is 1.64. The Kier molecular flexibility index (Phi) is 6.48. The average molecular weight is 513 g/mol. The van der Waals surface area contributed by atoms with Gasteiger partial charge >= 0.3 is 6.03 Å². The fourth-order valence-corrected chi connectivity index (χ4v) is 4.69. The maximum absolute atomic E-state index is 13.3. The number of amides is 2. The van der Waals surface area contributed by atoms with E-state index in [1.807, 2.05) is 28.9 Å². The number of benzene rings is 1. The molecule has 10 heteroatoms. The standard InChI is InChI=1S/C28H32N8O2/c1-6-12-35-25(37)22-16-31-26(33-24(22)36(35)21-9-11-30-23(15-21)28(2,3)4)32-20-8-7-19-17-34(27(38)29-5)13-10-18(19)14-20/h6-9,11,14-16H,1,10,12-13,17H2,2-5H3,(H,29,38)(H,31,32,33). The number of hydrogen-bond acceptors (Lipinski definition) is 6. The van der Waals surface area contributed by atoms with Gasteiger partial charge in [-0.2, -0.15) is 4.98 Å². The quantitative estimate of drug-likeness (QED) is 0.393. The monoisotopic (exact) mass is 512 g/mol. The Balaban J connectivity index is 1.53. The molecule has 2 amide bonds. The largest absolute Gasteiger partial charge is 0.341 e. The summed E-state index contributed by atoms with van der Waals surface area (Å²) >= 11 is 0. The number of aromatic nitrogens is 5. The third kappa shape index (κ3) is 4.65. The van der Waals surface area contributed by atoms with Crippen LogP contribution >= 0.6 is 0 Å². The van der Waals surface area contributed by atoms with Gasteiger partial charge in [-0.15, -0.1) is 6.58 Å². The van der Waals surface area contributed by atoms with Gasteiger partial charge in [-0.3, -0.25) is 9.78 Å². The van der Waals surface area contributed by atoms with Gasteiger partial charge in [-0.1, -0.05) is 32.9 Å². The van der Waals surface area contributed by atoms with Crippen LogP contribution in [0.2, 0.25) is 0 Å². The summed E-state index contributed by atoms with van der Waals surface area (Å²) in [6.07, 6.45) is 5.77. The maximum atomic E-state index is 13.3. The molecule has 0 unspecified atom stereocenters. The summed E-state index contributed by atoms with van der Waals surface area (Å²) < 4.78 is 3.42. The molecule has 1 aliphatic rings. The zero-order valence-corrected chi connectivity index (χ0v) is 22.2. The van der Waals surface area contributed by atoms with Crippen LogP contribution in [-0.2, 0) is 24.9 Å². The Labute approximate surface area is 221 Å². The molecule has 0 atom stereocenters. The highest BCUT2D eigenvalue weighted by molar-refractivity contribution is 5.77. The van der Waals surface area contributed by atoms with Crippen molar-refractivity contribution in [3.8, 4) is 5.69 Å². The van der Waals surface area contributed by atoms with Crippen LogP contribution in [0.15, 0.2) is 60.2 Å². The van der Waals surface area contributed by atoms with Crippen molar-refractivity contribution in [2.24, 2.45) is 0 Å². The van der Waals surface area contributed by atoms with Crippen LogP contribution < -0.4 is 16.2 Å². The zero-order valence-electron chi connectivity index (χ0n) is 22.2. The molecule has 0 fully saturated rings. The van der Waals surface area contributed by atoms with E-state index in [9.17, 15) is 9.59 Å². The fourth-order valence-electron chi connectivity index (χ4n) is 4.69. The first kappa shape index (κ1) is 25.2. The average Bonchev–Trinajstić information content (AvgIpc) is 3.18. The highest BCUT2D eigenvalue weighted by Gasteiger charge is 2.22. The molecule has 4 aromatic rings. The number of nitrogens with zero attached hydrogens (tertiary/aromatic N) is 6. The third-order valence-electron chi connectivity index (χ3n) is 6.71. The van der Waals surface area contributed by atoms with Crippen molar-refractivity contribution in [1.29, 1.82) is 0 Å². The maximum Gasteiger partial charge on any atom is 0.317 e. The SMILES string of the molecule is C=CCn1c(=O)c2cnc(Nc3ccc4c(c3)CCN(C(=O)NC)C4)nc2n1-c1ccnc(C(C)(C)C)c1. The van der Waals surface area contributed by atoms with Gasteiger partial charge in [-0.25, -0.2) is 19.1 Å². The zero-order chi connectivity index (χ0) is 27.0. The minimum atomic E-state index is -0.185. The summed E-state index contributed by atoms with van der Waals surface area (Å²) in [6, 6.07) is 9.82. The van der Waals surface area contributed by atoms with Crippen LogP contribution in [-0.4, -0.2) is 48.8 Å². The van der Waals surface area contributed by atoms with E-state index in [4.69, 9.17) is 4.98 Å². The third-order valence-corrected chi connectivity index (χ3v) is 6.71. The highest BCUT2D eigenvalue weighted by atomic mass is 16.2. The van der Waals surface area contributed by atoms with E-state index in [0.29, 0.717) is 36.6 Å². The van der Waals surface area contributed by atoms with E-state index in [2.05, 4.69) is 54.0 Å². The first-order chi connectivity index (χ1) is 18.2. The Morgan fingerprint density at radius 2 is 1.97 bits per heavy atom. The second kappa shape index (κ2) is 9.77. The molecular formula is C28H32N8O2. The van der Waals surface area contributed by atoms with Gasteiger partial charge in [0.2, 0.25) is 5.95 Å². The molecule has 10 nitrogen and oxygen atoms in total. The molecule has 0 spiro atoms. The molecule has 38 heavy (non-hydrogen) atoms. The molecule has 0 aliphatic carbocycles. The van der Waals surface area contributed by atoms with E-state index < -0.39 is 0 Å². The van der Waals surface area contributed by atoms with Crippen molar-refractivity contribution < 1.29 is 4.79 Å². The van der Waals surface area contributed by atoms with Crippen LogP contribution in [0.5, 0.6) is 0 Å². The van der Waals surface area contributed by atoms with Gasteiger partial charge in [0, 0.05) is 49.3 Å². The second-order valence-corrected chi connectivity index (χ2v) is 10.4. The molecule has 2 N–H and O–H groups in total. The lowest BCUT2D eigenvalue weighted by molar-refractivity contribution is 0.194. The molecule has 4 heterocycles. The lowest BCUT2D eigenvalue weighted by Gasteiger charge is -2.28. The fraction of sp³-hybridized carbons (Fsp3) is 0.321. The normalized spacial score (nSPS) is 13.3. The van der Waals surface area contributed by atoms with Crippen molar-refractivity contribution in [2.45, 2.75) is 45.7 Å². The van der Waals surface area contributed by atoms with Gasteiger partial charge in [-0.05, 0) is 41.8 Å². The number of anilines is 2. The molecular weight excluding hydrogens is 480 g/mol. The predicted molar refractivity (Wildman–Crippen MR) is 148 cm³/mol. The predicted octanol–water partition coefficient (Wildman–Crippen LogP) is 3.90. The molecule has 1 aliphatic heterocycles. The van der Waals surface area contributed by atoms with E-state index in [0.717, 1.165) is 29.1 Å². The number of urea groups is 1. The van der Waals surface area contributed by atoms with Crippen LogP contribution in [0.1, 0.15) is 37.6 Å². The summed E-state index contributed by atoms with van der Waals surface area (Å²) in [5.74, 6) is 0.384. The van der Waals surface area contributed by atoms with E-state index >= 15 is 0 Å². The lowest BCUT2D eigenvalue weighted by Crippen LogP contribution is -2.41. The van der Waals surface area contributed by atoms with Gasteiger partial charge in [0.05, 0.1) is 12.2 Å².